The number of para-hydroxylation sites is 1. The molecule has 0 atom stereocenters. The first-order valence-electron chi connectivity index (χ1n) is 7.43. The van der Waals surface area contributed by atoms with Crippen molar-refractivity contribution < 1.29 is 21.6 Å². The van der Waals surface area contributed by atoms with Crippen LogP contribution in [0.1, 0.15) is 11.3 Å². The molecule has 1 heterocycles. The second-order valence-electron chi connectivity index (χ2n) is 5.70. The lowest BCUT2D eigenvalue weighted by molar-refractivity contribution is -0.140. The van der Waals surface area contributed by atoms with E-state index in [2.05, 4.69) is 4.98 Å². The normalized spacial score (nSPS) is 12.3. The van der Waals surface area contributed by atoms with Crippen LogP contribution in [0.25, 0.3) is 17.1 Å². The van der Waals surface area contributed by atoms with Crippen LogP contribution in [0, 0.1) is 6.92 Å². The molecule has 0 spiro atoms. The van der Waals surface area contributed by atoms with Gasteiger partial charge in [-0.15, -0.1) is 0 Å². The van der Waals surface area contributed by atoms with Gasteiger partial charge in [-0.1, -0.05) is 42.0 Å². The number of halogens is 3. The first kappa shape index (κ1) is 18.2. The van der Waals surface area contributed by atoms with Crippen LogP contribution in [0.2, 0.25) is 0 Å². The van der Waals surface area contributed by atoms with Gasteiger partial charge in [0.25, 0.3) is 0 Å². The molecule has 0 aliphatic carbocycles. The summed E-state index contributed by atoms with van der Waals surface area (Å²) in [5.41, 5.74) is 0.203. The number of alkyl halides is 3. The van der Waals surface area contributed by atoms with Crippen molar-refractivity contribution in [2.45, 2.75) is 18.0 Å². The molecule has 0 aliphatic heterocycles. The number of hydrogen-bond donors (Lipinski definition) is 1. The quantitative estimate of drug-likeness (QED) is 0.754. The van der Waals surface area contributed by atoms with Gasteiger partial charge in [0.1, 0.15) is 10.7 Å². The molecule has 3 aromatic rings. The Bertz CT molecular complexity index is 1060. The molecule has 2 N–H and O–H groups in total. The van der Waals surface area contributed by atoms with E-state index in [0.29, 0.717) is 5.56 Å². The van der Waals surface area contributed by atoms with Crippen LogP contribution in [-0.2, 0) is 16.2 Å². The summed E-state index contributed by atoms with van der Waals surface area (Å²) in [5, 5.41) is 5.21. The third-order valence-corrected chi connectivity index (χ3v) is 4.70. The summed E-state index contributed by atoms with van der Waals surface area (Å²) in [4.78, 5) is 3.39. The summed E-state index contributed by atoms with van der Waals surface area (Å²) >= 11 is 0. The highest BCUT2D eigenvalue weighted by atomic mass is 32.2. The van der Waals surface area contributed by atoms with Crippen LogP contribution in [-0.4, -0.2) is 18.0 Å². The summed E-state index contributed by atoms with van der Waals surface area (Å²) in [6.07, 6.45) is -3.92. The monoisotopic (exact) mass is 381 g/mol. The van der Waals surface area contributed by atoms with Crippen molar-refractivity contribution >= 4 is 10.0 Å². The highest BCUT2D eigenvalue weighted by molar-refractivity contribution is 7.89. The first-order valence-corrected chi connectivity index (χ1v) is 8.98. The molecule has 0 unspecified atom stereocenters. The van der Waals surface area contributed by atoms with E-state index in [4.69, 9.17) is 5.14 Å². The minimum atomic E-state index is -4.68. The van der Waals surface area contributed by atoms with E-state index in [-0.39, 0.29) is 16.4 Å². The highest BCUT2D eigenvalue weighted by Gasteiger charge is 2.35. The molecule has 0 amide bonds. The standard InChI is InChI=1S/C17H14F3N3O2S/c1-11-6-8-12(9-7-11)16-22-15(17(18,19)20)10-23(16)13-4-2-3-5-14(13)26(21,24)25/h2-10H,1H3,(H2,21,24,25). The van der Waals surface area contributed by atoms with Gasteiger partial charge in [-0.2, -0.15) is 13.2 Å². The molecule has 0 saturated carbocycles. The number of aryl methyl sites for hydroxylation is 1. The second kappa shape index (κ2) is 6.26. The number of hydrogen-bond acceptors (Lipinski definition) is 3. The van der Waals surface area contributed by atoms with Crippen molar-refractivity contribution in [2.24, 2.45) is 5.14 Å². The number of nitrogens with two attached hydrogens (primary N) is 1. The molecular formula is C17H14F3N3O2S. The molecule has 136 valence electrons. The fourth-order valence-corrected chi connectivity index (χ4v) is 3.23. The molecule has 5 nitrogen and oxygen atoms in total. The van der Waals surface area contributed by atoms with Gasteiger partial charge in [0.05, 0.1) is 5.69 Å². The zero-order chi connectivity index (χ0) is 19.1. The summed E-state index contributed by atoms with van der Waals surface area (Å²) in [6, 6.07) is 12.3. The van der Waals surface area contributed by atoms with Gasteiger partial charge in [-0.25, -0.2) is 18.5 Å². The van der Waals surface area contributed by atoms with E-state index in [1.54, 1.807) is 24.3 Å². The van der Waals surface area contributed by atoms with Crippen molar-refractivity contribution in [1.29, 1.82) is 0 Å². The molecule has 0 aliphatic rings. The van der Waals surface area contributed by atoms with Crippen molar-refractivity contribution in [3.05, 3.63) is 66.0 Å². The van der Waals surface area contributed by atoms with E-state index in [1.165, 1.54) is 24.3 Å². The Morgan fingerprint density at radius 2 is 1.65 bits per heavy atom. The Hall–Kier alpha value is -2.65. The third-order valence-electron chi connectivity index (χ3n) is 3.74. The maximum Gasteiger partial charge on any atom is 0.434 e. The van der Waals surface area contributed by atoms with Crippen LogP contribution in [0.15, 0.2) is 59.6 Å². The second-order valence-corrected chi connectivity index (χ2v) is 7.23. The molecule has 1 aromatic heterocycles. The third kappa shape index (κ3) is 3.49. The number of imidazole rings is 1. The Morgan fingerprint density at radius 1 is 1.04 bits per heavy atom. The summed E-state index contributed by atoms with van der Waals surface area (Å²) < 4.78 is 64.4. The van der Waals surface area contributed by atoms with Gasteiger partial charge < -0.3 is 0 Å². The van der Waals surface area contributed by atoms with Crippen molar-refractivity contribution in [1.82, 2.24) is 9.55 Å². The average Bonchev–Trinajstić information content (AvgIpc) is 3.00. The smallest absolute Gasteiger partial charge is 0.298 e. The summed E-state index contributed by atoms with van der Waals surface area (Å²) in [5.74, 6) is -0.0339. The molecule has 0 radical (unpaired) electrons. The molecule has 2 aromatic carbocycles. The number of sulfonamides is 1. The lowest BCUT2D eigenvalue weighted by Crippen LogP contribution is -2.15. The largest absolute Gasteiger partial charge is 0.434 e. The molecule has 3 rings (SSSR count). The maximum atomic E-state index is 13.2. The van der Waals surface area contributed by atoms with Gasteiger partial charge in [-0.05, 0) is 19.1 Å². The zero-order valence-corrected chi connectivity index (χ0v) is 14.3. The fourth-order valence-electron chi connectivity index (χ4n) is 2.50. The van der Waals surface area contributed by atoms with Gasteiger partial charge >= 0.3 is 6.18 Å². The van der Waals surface area contributed by atoms with Crippen LogP contribution in [0.4, 0.5) is 13.2 Å². The fraction of sp³-hybridized carbons (Fsp3) is 0.118. The van der Waals surface area contributed by atoms with E-state index >= 15 is 0 Å². The van der Waals surface area contributed by atoms with Gasteiger partial charge in [0.2, 0.25) is 10.0 Å². The number of benzene rings is 2. The first-order chi connectivity index (χ1) is 12.1. The Morgan fingerprint density at radius 3 is 2.23 bits per heavy atom. The Balaban J connectivity index is 2.31. The Labute approximate surface area is 148 Å². The van der Waals surface area contributed by atoms with Crippen LogP contribution >= 0.6 is 0 Å². The SMILES string of the molecule is Cc1ccc(-c2nc(C(F)(F)F)cn2-c2ccccc2S(N)(=O)=O)cc1. The van der Waals surface area contributed by atoms with Crippen molar-refractivity contribution in [2.75, 3.05) is 0 Å². The predicted octanol–water partition coefficient (Wildman–Crippen LogP) is 3.51. The average molecular weight is 381 g/mol. The number of nitrogens with zero attached hydrogens (tertiary/aromatic N) is 2. The van der Waals surface area contributed by atoms with Gasteiger partial charge in [0.15, 0.2) is 5.69 Å². The molecule has 9 heteroatoms. The van der Waals surface area contributed by atoms with Crippen molar-refractivity contribution in [3.63, 3.8) is 0 Å². The Kier molecular flexibility index (Phi) is 4.37. The lowest BCUT2D eigenvalue weighted by Gasteiger charge is -2.12. The zero-order valence-electron chi connectivity index (χ0n) is 13.5. The number of rotatable bonds is 3. The van der Waals surface area contributed by atoms with E-state index < -0.39 is 21.9 Å². The van der Waals surface area contributed by atoms with E-state index in [0.717, 1.165) is 16.3 Å². The maximum absolute atomic E-state index is 13.2. The molecule has 0 saturated heterocycles. The van der Waals surface area contributed by atoms with Gasteiger partial charge in [0, 0.05) is 11.8 Å². The summed E-state index contributed by atoms with van der Waals surface area (Å²) in [6.45, 7) is 1.84. The molecule has 0 bridgehead atoms. The van der Waals surface area contributed by atoms with Crippen LogP contribution in [0.3, 0.4) is 0 Å². The summed E-state index contributed by atoms with van der Waals surface area (Å²) in [7, 11) is -4.14. The lowest BCUT2D eigenvalue weighted by atomic mass is 10.1. The predicted molar refractivity (Wildman–Crippen MR) is 90.1 cm³/mol. The molecular weight excluding hydrogens is 367 g/mol. The minimum absolute atomic E-state index is 0.00595. The topological polar surface area (TPSA) is 78.0 Å². The minimum Gasteiger partial charge on any atom is -0.298 e. The van der Waals surface area contributed by atoms with Crippen molar-refractivity contribution in [3.8, 4) is 17.1 Å². The highest BCUT2D eigenvalue weighted by Crippen LogP contribution is 2.33. The van der Waals surface area contributed by atoms with Gasteiger partial charge in [-0.3, -0.25) is 4.57 Å². The van der Waals surface area contributed by atoms with E-state index in [1.807, 2.05) is 6.92 Å². The van der Waals surface area contributed by atoms with Crippen LogP contribution < -0.4 is 5.14 Å². The molecule has 0 fully saturated rings. The number of primary sulfonamides is 1. The molecule has 26 heavy (non-hydrogen) atoms. The number of aromatic nitrogens is 2. The van der Waals surface area contributed by atoms with E-state index in [9.17, 15) is 21.6 Å². The van der Waals surface area contributed by atoms with Crippen LogP contribution in [0.5, 0.6) is 0 Å².